The lowest BCUT2D eigenvalue weighted by Gasteiger charge is -2.11. The van der Waals surface area contributed by atoms with Gasteiger partial charge in [0, 0.05) is 38.4 Å². The van der Waals surface area contributed by atoms with E-state index in [4.69, 9.17) is 0 Å². The average molecular weight is 428 g/mol. The van der Waals surface area contributed by atoms with E-state index in [1.807, 2.05) is 18.2 Å². The van der Waals surface area contributed by atoms with Gasteiger partial charge in [0.15, 0.2) is 5.96 Å². The Labute approximate surface area is 153 Å². The fraction of sp³-hybridized carbons (Fsp3) is 0.294. The molecule has 1 heterocycles. The third-order valence-corrected chi connectivity index (χ3v) is 3.24. The number of nitrogens with one attached hydrogen (secondary N) is 2. The summed E-state index contributed by atoms with van der Waals surface area (Å²) < 4.78 is 12.8. The lowest BCUT2D eigenvalue weighted by atomic mass is 10.1. The van der Waals surface area contributed by atoms with Crippen LogP contribution in [0.1, 0.15) is 11.3 Å². The maximum absolute atomic E-state index is 12.8. The van der Waals surface area contributed by atoms with E-state index in [0.717, 1.165) is 43.1 Å². The first-order valence-corrected chi connectivity index (χ1v) is 7.37. The lowest BCUT2D eigenvalue weighted by Crippen LogP contribution is -2.39. The van der Waals surface area contributed by atoms with E-state index in [2.05, 4.69) is 20.6 Å². The molecule has 0 atom stereocenters. The highest BCUT2D eigenvalue weighted by Gasteiger charge is 1.99. The van der Waals surface area contributed by atoms with Crippen LogP contribution < -0.4 is 10.6 Å². The van der Waals surface area contributed by atoms with Crippen LogP contribution in [0.15, 0.2) is 53.7 Å². The standard InChI is InChI=1S/C17H21FN4.HI/c1-19-17(22-13-10-16-4-2-3-11-20-16)21-12-9-14-5-7-15(18)8-6-14;/h2-8,11H,9-10,12-13H2,1H3,(H2,19,21,22);1H. The number of hydrogen-bond donors (Lipinski definition) is 2. The molecular formula is C17H22FIN4. The van der Waals surface area contributed by atoms with Crippen LogP contribution in [-0.2, 0) is 12.8 Å². The predicted octanol–water partition coefficient (Wildman–Crippen LogP) is 2.79. The summed E-state index contributed by atoms with van der Waals surface area (Å²) in [7, 11) is 1.74. The fourth-order valence-electron chi connectivity index (χ4n) is 2.05. The molecule has 0 radical (unpaired) electrons. The number of rotatable bonds is 6. The molecule has 1 aromatic heterocycles. The first-order chi connectivity index (χ1) is 10.8. The van der Waals surface area contributed by atoms with Gasteiger partial charge in [0.2, 0.25) is 0 Å². The molecule has 4 nitrogen and oxygen atoms in total. The summed E-state index contributed by atoms with van der Waals surface area (Å²) >= 11 is 0. The van der Waals surface area contributed by atoms with Gasteiger partial charge in [0.1, 0.15) is 5.82 Å². The minimum atomic E-state index is -0.205. The van der Waals surface area contributed by atoms with Crippen LogP contribution in [0.5, 0.6) is 0 Å². The Bertz CT molecular complexity index is 587. The van der Waals surface area contributed by atoms with Crippen molar-refractivity contribution < 1.29 is 4.39 Å². The molecular weight excluding hydrogens is 406 g/mol. The molecule has 0 aliphatic heterocycles. The van der Waals surface area contributed by atoms with Crippen LogP contribution in [0.25, 0.3) is 0 Å². The summed E-state index contributed by atoms with van der Waals surface area (Å²) in [5.74, 6) is 0.557. The molecule has 0 spiro atoms. The minimum absolute atomic E-state index is 0. The molecule has 0 fully saturated rings. The Morgan fingerprint density at radius 3 is 2.35 bits per heavy atom. The normalized spacial score (nSPS) is 10.8. The Morgan fingerprint density at radius 1 is 1.04 bits per heavy atom. The van der Waals surface area contributed by atoms with Crippen molar-refractivity contribution in [2.75, 3.05) is 20.1 Å². The number of guanidine groups is 1. The van der Waals surface area contributed by atoms with E-state index in [-0.39, 0.29) is 29.8 Å². The summed E-state index contributed by atoms with van der Waals surface area (Å²) in [6, 6.07) is 12.5. The summed E-state index contributed by atoms with van der Waals surface area (Å²) in [4.78, 5) is 8.46. The van der Waals surface area contributed by atoms with Crippen molar-refractivity contribution >= 4 is 29.9 Å². The van der Waals surface area contributed by atoms with E-state index in [0.29, 0.717) is 0 Å². The van der Waals surface area contributed by atoms with Crippen LogP contribution in [0.4, 0.5) is 4.39 Å². The van der Waals surface area contributed by atoms with Gasteiger partial charge in [-0.15, -0.1) is 24.0 Å². The van der Waals surface area contributed by atoms with E-state index < -0.39 is 0 Å². The predicted molar refractivity (Wildman–Crippen MR) is 103 cm³/mol. The van der Waals surface area contributed by atoms with Crippen LogP contribution >= 0.6 is 24.0 Å². The second-order valence-corrected chi connectivity index (χ2v) is 4.87. The number of hydrogen-bond acceptors (Lipinski definition) is 2. The summed E-state index contributed by atoms with van der Waals surface area (Å²) in [5.41, 5.74) is 2.15. The molecule has 1 aromatic carbocycles. The van der Waals surface area contributed by atoms with Gasteiger partial charge in [-0.25, -0.2) is 4.39 Å². The van der Waals surface area contributed by atoms with Crippen LogP contribution in [-0.4, -0.2) is 31.1 Å². The van der Waals surface area contributed by atoms with Gasteiger partial charge in [-0.2, -0.15) is 0 Å². The zero-order valence-electron chi connectivity index (χ0n) is 13.1. The van der Waals surface area contributed by atoms with Crippen molar-refractivity contribution in [1.82, 2.24) is 15.6 Å². The number of pyridine rings is 1. The van der Waals surface area contributed by atoms with E-state index in [1.165, 1.54) is 12.1 Å². The van der Waals surface area contributed by atoms with Crippen molar-refractivity contribution in [1.29, 1.82) is 0 Å². The minimum Gasteiger partial charge on any atom is -0.356 e. The zero-order chi connectivity index (χ0) is 15.6. The van der Waals surface area contributed by atoms with E-state index >= 15 is 0 Å². The van der Waals surface area contributed by atoms with Crippen LogP contribution in [0.2, 0.25) is 0 Å². The van der Waals surface area contributed by atoms with Gasteiger partial charge in [-0.05, 0) is 36.2 Å². The van der Waals surface area contributed by atoms with E-state index in [9.17, 15) is 4.39 Å². The molecule has 23 heavy (non-hydrogen) atoms. The van der Waals surface area contributed by atoms with Gasteiger partial charge in [-0.1, -0.05) is 18.2 Å². The first-order valence-electron chi connectivity index (χ1n) is 7.37. The second kappa shape index (κ2) is 10.9. The highest BCUT2D eigenvalue weighted by Crippen LogP contribution is 2.02. The van der Waals surface area contributed by atoms with Crippen LogP contribution in [0.3, 0.4) is 0 Å². The Balaban J connectivity index is 0.00000264. The molecule has 0 amide bonds. The molecule has 0 saturated carbocycles. The molecule has 0 bridgehead atoms. The third kappa shape index (κ3) is 7.40. The van der Waals surface area contributed by atoms with Gasteiger partial charge in [0.25, 0.3) is 0 Å². The molecule has 2 rings (SSSR count). The molecule has 0 unspecified atom stereocenters. The Hall–Kier alpha value is -1.70. The molecule has 124 valence electrons. The average Bonchev–Trinajstić information content (AvgIpc) is 2.56. The Morgan fingerprint density at radius 2 is 1.74 bits per heavy atom. The van der Waals surface area contributed by atoms with E-state index in [1.54, 1.807) is 25.4 Å². The van der Waals surface area contributed by atoms with Crippen LogP contribution in [0, 0.1) is 5.82 Å². The Kier molecular flexibility index (Phi) is 9.20. The summed E-state index contributed by atoms with van der Waals surface area (Å²) in [6.45, 7) is 1.52. The monoisotopic (exact) mass is 428 g/mol. The summed E-state index contributed by atoms with van der Waals surface area (Å²) in [5, 5.41) is 6.50. The fourth-order valence-corrected chi connectivity index (χ4v) is 2.05. The van der Waals surface area contributed by atoms with Gasteiger partial charge in [-0.3, -0.25) is 9.98 Å². The van der Waals surface area contributed by atoms with Gasteiger partial charge >= 0.3 is 0 Å². The van der Waals surface area contributed by atoms with Gasteiger partial charge in [0.05, 0.1) is 0 Å². The topological polar surface area (TPSA) is 49.3 Å². The molecule has 6 heteroatoms. The number of aromatic nitrogens is 1. The maximum Gasteiger partial charge on any atom is 0.190 e. The smallest absolute Gasteiger partial charge is 0.190 e. The van der Waals surface area contributed by atoms with Crippen molar-refractivity contribution in [2.24, 2.45) is 4.99 Å². The lowest BCUT2D eigenvalue weighted by molar-refractivity contribution is 0.626. The third-order valence-electron chi connectivity index (χ3n) is 3.24. The van der Waals surface area contributed by atoms with Gasteiger partial charge < -0.3 is 10.6 Å². The largest absolute Gasteiger partial charge is 0.356 e. The van der Waals surface area contributed by atoms with Crippen molar-refractivity contribution in [3.05, 3.63) is 65.7 Å². The maximum atomic E-state index is 12.8. The molecule has 0 saturated heterocycles. The highest BCUT2D eigenvalue weighted by atomic mass is 127. The number of nitrogens with zero attached hydrogens (tertiary/aromatic N) is 2. The number of benzene rings is 1. The molecule has 2 aromatic rings. The number of halogens is 2. The highest BCUT2D eigenvalue weighted by molar-refractivity contribution is 14.0. The zero-order valence-corrected chi connectivity index (χ0v) is 15.5. The quantitative estimate of drug-likeness (QED) is 0.423. The van der Waals surface area contributed by atoms with Crippen molar-refractivity contribution in [3.63, 3.8) is 0 Å². The SMILES string of the molecule is CN=C(NCCc1ccc(F)cc1)NCCc1ccccn1.I. The number of aliphatic imine (C=N–C) groups is 1. The molecule has 2 N–H and O–H groups in total. The summed E-state index contributed by atoms with van der Waals surface area (Å²) in [6.07, 6.45) is 3.46. The second-order valence-electron chi connectivity index (χ2n) is 4.87. The molecule has 0 aliphatic rings. The first kappa shape index (κ1) is 19.3. The van der Waals surface area contributed by atoms with Crippen molar-refractivity contribution in [3.8, 4) is 0 Å². The van der Waals surface area contributed by atoms with Crippen molar-refractivity contribution in [2.45, 2.75) is 12.8 Å². The molecule has 0 aliphatic carbocycles.